The number of thiophene rings is 1. The van der Waals surface area contributed by atoms with E-state index in [-0.39, 0.29) is 11.8 Å². The van der Waals surface area contributed by atoms with Gasteiger partial charge in [0.15, 0.2) is 0 Å². The van der Waals surface area contributed by atoms with E-state index in [1.165, 1.54) is 11.3 Å². The molecule has 98 valence electrons. The topological polar surface area (TPSA) is 71.1 Å². The van der Waals surface area contributed by atoms with E-state index in [4.69, 9.17) is 0 Å². The van der Waals surface area contributed by atoms with Crippen molar-refractivity contribution < 1.29 is 9.59 Å². The van der Waals surface area contributed by atoms with Crippen molar-refractivity contribution in [3.05, 3.63) is 46.4 Å². The predicted molar refractivity (Wildman–Crippen MR) is 74.5 cm³/mol. The minimum atomic E-state index is -0.258. The number of pyridine rings is 1. The van der Waals surface area contributed by atoms with E-state index in [9.17, 15) is 9.59 Å². The first-order valence-corrected chi connectivity index (χ1v) is 6.67. The summed E-state index contributed by atoms with van der Waals surface area (Å²) in [5.74, 6) is -0.436. The summed E-state index contributed by atoms with van der Waals surface area (Å²) in [6.45, 7) is 2.40. The normalized spacial score (nSPS) is 9.95. The molecule has 0 saturated heterocycles. The Morgan fingerprint density at radius 2 is 1.95 bits per heavy atom. The molecule has 2 N–H and O–H groups in total. The molecule has 2 heterocycles. The SMILES string of the molecule is CCNC(=O)c1sccc1NC(=O)c1ccncc1. The van der Waals surface area contributed by atoms with Gasteiger partial charge < -0.3 is 10.6 Å². The molecule has 0 atom stereocenters. The monoisotopic (exact) mass is 275 g/mol. The number of hydrogen-bond donors (Lipinski definition) is 2. The van der Waals surface area contributed by atoms with Gasteiger partial charge in [0.1, 0.15) is 4.88 Å². The molecule has 0 fully saturated rings. The number of carbonyl (C=O) groups is 2. The van der Waals surface area contributed by atoms with Gasteiger partial charge in [0.05, 0.1) is 5.69 Å². The second-order valence-electron chi connectivity index (χ2n) is 3.71. The molecule has 0 aliphatic rings. The molecular formula is C13H13N3O2S. The van der Waals surface area contributed by atoms with E-state index in [1.54, 1.807) is 36.0 Å². The van der Waals surface area contributed by atoms with Crippen molar-refractivity contribution in [3.63, 3.8) is 0 Å². The molecule has 19 heavy (non-hydrogen) atoms. The van der Waals surface area contributed by atoms with Crippen LogP contribution in [-0.2, 0) is 0 Å². The van der Waals surface area contributed by atoms with Crippen LogP contribution in [-0.4, -0.2) is 23.3 Å². The van der Waals surface area contributed by atoms with Crippen molar-refractivity contribution in [2.24, 2.45) is 0 Å². The van der Waals surface area contributed by atoms with Crippen molar-refractivity contribution in [3.8, 4) is 0 Å². The highest BCUT2D eigenvalue weighted by Crippen LogP contribution is 2.22. The minimum Gasteiger partial charge on any atom is -0.352 e. The van der Waals surface area contributed by atoms with Gasteiger partial charge in [-0.05, 0) is 30.5 Å². The standard InChI is InChI=1S/C13H13N3O2S/c1-2-15-13(18)11-10(5-8-19-11)16-12(17)9-3-6-14-7-4-9/h3-8H,2H2,1H3,(H,15,18)(H,16,17). The number of aromatic nitrogens is 1. The quantitative estimate of drug-likeness (QED) is 0.898. The van der Waals surface area contributed by atoms with Gasteiger partial charge in [-0.15, -0.1) is 11.3 Å². The van der Waals surface area contributed by atoms with E-state index < -0.39 is 0 Å². The third-order valence-corrected chi connectivity index (χ3v) is 3.31. The predicted octanol–water partition coefficient (Wildman–Crippen LogP) is 2.15. The molecule has 2 rings (SSSR count). The van der Waals surface area contributed by atoms with Crippen LogP contribution in [0.25, 0.3) is 0 Å². The summed E-state index contributed by atoms with van der Waals surface area (Å²) in [6, 6.07) is 4.95. The lowest BCUT2D eigenvalue weighted by atomic mass is 10.2. The Bertz CT molecular complexity index is 581. The van der Waals surface area contributed by atoms with Crippen molar-refractivity contribution in [1.82, 2.24) is 10.3 Å². The van der Waals surface area contributed by atoms with Gasteiger partial charge in [0.2, 0.25) is 0 Å². The molecule has 6 heteroatoms. The minimum absolute atomic E-state index is 0.178. The molecule has 5 nitrogen and oxygen atoms in total. The Balaban J connectivity index is 2.14. The average Bonchev–Trinajstić information content (AvgIpc) is 2.88. The molecule has 0 unspecified atom stereocenters. The van der Waals surface area contributed by atoms with Crippen LogP contribution >= 0.6 is 11.3 Å². The Labute approximate surface area is 114 Å². The first-order valence-electron chi connectivity index (χ1n) is 5.79. The highest BCUT2D eigenvalue weighted by molar-refractivity contribution is 7.12. The van der Waals surface area contributed by atoms with Gasteiger partial charge in [-0.3, -0.25) is 14.6 Å². The molecule has 0 radical (unpaired) electrons. The van der Waals surface area contributed by atoms with Crippen molar-refractivity contribution in [1.29, 1.82) is 0 Å². The van der Waals surface area contributed by atoms with Gasteiger partial charge in [-0.1, -0.05) is 0 Å². The van der Waals surface area contributed by atoms with Gasteiger partial charge in [0, 0.05) is 24.5 Å². The molecule has 0 aliphatic heterocycles. The fourth-order valence-corrected chi connectivity index (χ4v) is 2.29. The molecule has 0 saturated carbocycles. The first kappa shape index (κ1) is 13.2. The zero-order chi connectivity index (χ0) is 13.7. The number of rotatable bonds is 4. The summed E-state index contributed by atoms with van der Waals surface area (Å²) in [5.41, 5.74) is 1.03. The van der Waals surface area contributed by atoms with Gasteiger partial charge >= 0.3 is 0 Å². The molecular weight excluding hydrogens is 262 g/mol. The molecule has 0 bridgehead atoms. The lowest BCUT2D eigenvalue weighted by Gasteiger charge is -2.06. The van der Waals surface area contributed by atoms with Crippen molar-refractivity contribution in [2.45, 2.75) is 6.92 Å². The summed E-state index contributed by atoms with van der Waals surface area (Å²) >= 11 is 1.30. The molecule has 2 aromatic heterocycles. The van der Waals surface area contributed by atoms with Gasteiger partial charge in [0.25, 0.3) is 11.8 Å². The molecule has 0 spiro atoms. The van der Waals surface area contributed by atoms with Crippen LogP contribution in [0.3, 0.4) is 0 Å². The lowest BCUT2D eigenvalue weighted by molar-refractivity contribution is 0.0960. The summed E-state index contributed by atoms with van der Waals surface area (Å²) in [6.07, 6.45) is 3.10. The maximum absolute atomic E-state index is 12.0. The molecule has 0 aromatic carbocycles. The van der Waals surface area contributed by atoms with Crippen LogP contribution in [0.5, 0.6) is 0 Å². The number of anilines is 1. The van der Waals surface area contributed by atoms with Crippen molar-refractivity contribution in [2.75, 3.05) is 11.9 Å². The Hall–Kier alpha value is -2.21. The summed E-state index contributed by atoms with van der Waals surface area (Å²) in [7, 11) is 0. The maximum atomic E-state index is 12.0. The highest BCUT2D eigenvalue weighted by Gasteiger charge is 2.15. The second-order valence-corrected chi connectivity index (χ2v) is 4.63. The maximum Gasteiger partial charge on any atom is 0.263 e. The molecule has 2 aromatic rings. The fourth-order valence-electron chi connectivity index (χ4n) is 1.52. The average molecular weight is 275 g/mol. The third-order valence-electron chi connectivity index (χ3n) is 2.40. The van der Waals surface area contributed by atoms with Crippen LogP contribution in [0.1, 0.15) is 27.0 Å². The smallest absolute Gasteiger partial charge is 0.263 e. The van der Waals surface area contributed by atoms with E-state index in [0.717, 1.165) is 0 Å². The second kappa shape index (κ2) is 6.10. The van der Waals surface area contributed by atoms with Crippen LogP contribution < -0.4 is 10.6 Å². The number of hydrogen-bond acceptors (Lipinski definition) is 4. The van der Waals surface area contributed by atoms with E-state index >= 15 is 0 Å². The third kappa shape index (κ3) is 3.17. The highest BCUT2D eigenvalue weighted by atomic mass is 32.1. The van der Waals surface area contributed by atoms with E-state index in [2.05, 4.69) is 15.6 Å². The Kier molecular flexibility index (Phi) is 4.25. The summed E-state index contributed by atoms with van der Waals surface area (Å²) in [4.78, 5) is 28.1. The molecule has 2 amide bonds. The number of amides is 2. The van der Waals surface area contributed by atoms with Crippen LogP contribution in [0.2, 0.25) is 0 Å². The van der Waals surface area contributed by atoms with Crippen molar-refractivity contribution >= 4 is 28.8 Å². The van der Waals surface area contributed by atoms with Gasteiger partial charge in [-0.25, -0.2) is 0 Å². The zero-order valence-corrected chi connectivity index (χ0v) is 11.2. The first-order chi connectivity index (χ1) is 9.22. The fraction of sp³-hybridized carbons (Fsp3) is 0.154. The summed E-state index contributed by atoms with van der Waals surface area (Å²) < 4.78 is 0. The largest absolute Gasteiger partial charge is 0.352 e. The molecule has 0 aliphatic carbocycles. The Morgan fingerprint density at radius 3 is 2.63 bits per heavy atom. The number of nitrogens with zero attached hydrogens (tertiary/aromatic N) is 1. The number of nitrogens with one attached hydrogen (secondary N) is 2. The Morgan fingerprint density at radius 1 is 1.21 bits per heavy atom. The van der Waals surface area contributed by atoms with Crippen LogP contribution in [0, 0.1) is 0 Å². The van der Waals surface area contributed by atoms with Crippen LogP contribution in [0.15, 0.2) is 36.0 Å². The van der Waals surface area contributed by atoms with E-state index in [1.807, 2.05) is 6.92 Å². The summed E-state index contributed by atoms with van der Waals surface area (Å²) in [5, 5.41) is 7.21. The van der Waals surface area contributed by atoms with Gasteiger partial charge in [-0.2, -0.15) is 0 Å². The van der Waals surface area contributed by atoms with Crippen LogP contribution in [0.4, 0.5) is 5.69 Å². The number of carbonyl (C=O) groups excluding carboxylic acids is 2. The van der Waals surface area contributed by atoms with E-state index in [0.29, 0.717) is 22.7 Å². The lowest BCUT2D eigenvalue weighted by Crippen LogP contribution is -2.23. The zero-order valence-electron chi connectivity index (χ0n) is 10.3.